The Bertz CT molecular complexity index is 321. The maximum Gasteiger partial charge on any atom is 0.123 e. The number of hydrogen-bond donors (Lipinski definition) is 1. The van der Waals surface area contributed by atoms with Crippen LogP contribution in [0.2, 0.25) is 0 Å². The summed E-state index contributed by atoms with van der Waals surface area (Å²) in [6.07, 6.45) is 2.73. The molecule has 1 aliphatic carbocycles. The van der Waals surface area contributed by atoms with Gasteiger partial charge in [-0.3, -0.25) is 0 Å². The second-order valence-electron chi connectivity index (χ2n) is 4.27. The highest BCUT2D eigenvalue weighted by Gasteiger charge is 2.30. The fourth-order valence-corrected chi connectivity index (χ4v) is 2.93. The summed E-state index contributed by atoms with van der Waals surface area (Å²) >= 11 is 1.82. The zero-order valence-electron chi connectivity index (χ0n) is 9.58. The highest BCUT2D eigenvalue weighted by Crippen LogP contribution is 2.35. The molecule has 2 rings (SSSR count). The zero-order chi connectivity index (χ0) is 11.4. The van der Waals surface area contributed by atoms with E-state index in [0.717, 1.165) is 23.1 Å². The van der Waals surface area contributed by atoms with Crippen molar-refractivity contribution in [2.24, 2.45) is 5.92 Å². The molecule has 0 aliphatic heterocycles. The molecule has 1 atom stereocenters. The van der Waals surface area contributed by atoms with Crippen LogP contribution >= 0.6 is 11.8 Å². The number of nitrogens with one attached hydrogen (secondary N) is 1. The Balaban J connectivity index is 1.82. The molecule has 0 spiro atoms. The van der Waals surface area contributed by atoms with E-state index in [-0.39, 0.29) is 5.82 Å². The summed E-state index contributed by atoms with van der Waals surface area (Å²) < 4.78 is 12.7. The van der Waals surface area contributed by atoms with E-state index >= 15 is 0 Å². The minimum Gasteiger partial charge on any atom is -0.313 e. The third kappa shape index (κ3) is 3.49. The topological polar surface area (TPSA) is 12.0 Å². The lowest BCUT2D eigenvalue weighted by Crippen LogP contribution is -2.33. The molecule has 0 heterocycles. The van der Waals surface area contributed by atoms with E-state index in [1.165, 1.54) is 25.0 Å². The first-order valence-corrected chi connectivity index (χ1v) is 6.90. The minimum atomic E-state index is -0.158. The van der Waals surface area contributed by atoms with E-state index in [0.29, 0.717) is 6.04 Å². The number of thioether (sulfide) groups is 1. The molecule has 0 saturated heterocycles. The average molecular weight is 239 g/mol. The van der Waals surface area contributed by atoms with Crippen LogP contribution in [-0.2, 0) is 0 Å². The Morgan fingerprint density at radius 1 is 1.38 bits per heavy atom. The standard InChI is InChI=1S/C13H18FNS/c1-2-15-13(10-3-4-10)9-16-12-7-5-11(14)6-8-12/h5-8,10,13,15H,2-4,9H2,1H3. The summed E-state index contributed by atoms with van der Waals surface area (Å²) in [6.45, 7) is 3.18. The quantitative estimate of drug-likeness (QED) is 0.764. The van der Waals surface area contributed by atoms with Crippen molar-refractivity contribution in [1.82, 2.24) is 5.32 Å². The van der Waals surface area contributed by atoms with Gasteiger partial charge in [0.15, 0.2) is 0 Å². The molecule has 1 fully saturated rings. The van der Waals surface area contributed by atoms with Crippen LogP contribution in [0.25, 0.3) is 0 Å². The molecule has 1 aliphatic rings. The van der Waals surface area contributed by atoms with Crippen LogP contribution in [0.1, 0.15) is 19.8 Å². The molecule has 0 radical (unpaired) electrons. The maximum atomic E-state index is 12.7. The van der Waals surface area contributed by atoms with E-state index < -0.39 is 0 Å². The third-order valence-corrected chi connectivity index (χ3v) is 4.03. The van der Waals surface area contributed by atoms with Gasteiger partial charge in [0.2, 0.25) is 0 Å². The van der Waals surface area contributed by atoms with Gasteiger partial charge in [-0.25, -0.2) is 4.39 Å². The van der Waals surface area contributed by atoms with Gasteiger partial charge in [-0.15, -0.1) is 11.8 Å². The number of benzene rings is 1. The SMILES string of the molecule is CCNC(CSc1ccc(F)cc1)C1CC1. The van der Waals surface area contributed by atoms with Gasteiger partial charge < -0.3 is 5.32 Å². The first-order chi connectivity index (χ1) is 7.79. The van der Waals surface area contributed by atoms with E-state index in [1.54, 1.807) is 0 Å². The molecule has 88 valence electrons. The van der Waals surface area contributed by atoms with Gasteiger partial charge >= 0.3 is 0 Å². The minimum absolute atomic E-state index is 0.158. The van der Waals surface area contributed by atoms with Gasteiger partial charge in [-0.05, 0) is 49.6 Å². The van der Waals surface area contributed by atoms with Gasteiger partial charge in [0.05, 0.1) is 0 Å². The molecular weight excluding hydrogens is 221 g/mol. The molecule has 3 heteroatoms. The Morgan fingerprint density at radius 3 is 2.62 bits per heavy atom. The van der Waals surface area contributed by atoms with E-state index in [1.807, 2.05) is 23.9 Å². The summed E-state index contributed by atoms with van der Waals surface area (Å²) in [5.74, 6) is 1.80. The molecule has 0 amide bonds. The highest BCUT2D eigenvalue weighted by atomic mass is 32.2. The van der Waals surface area contributed by atoms with Crippen LogP contribution in [0.5, 0.6) is 0 Å². The fourth-order valence-electron chi connectivity index (χ4n) is 1.84. The molecule has 0 bridgehead atoms. The molecule has 1 nitrogen and oxygen atoms in total. The van der Waals surface area contributed by atoms with E-state index in [9.17, 15) is 4.39 Å². The highest BCUT2D eigenvalue weighted by molar-refractivity contribution is 7.99. The molecule has 0 aromatic heterocycles. The first kappa shape index (κ1) is 11.9. The van der Waals surface area contributed by atoms with Gasteiger partial charge in [0.1, 0.15) is 5.82 Å². The Labute approximate surface area is 101 Å². The second-order valence-corrected chi connectivity index (χ2v) is 5.36. The molecule has 1 aromatic rings. The van der Waals surface area contributed by atoms with Crippen LogP contribution in [0.3, 0.4) is 0 Å². The van der Waals surface area contributed by atoms with Crippen molar-refractivity contribution < 1.29 is 4.39 Å². The van der Waals surface area contributed by atoms with Crippen molar-refractivity contribution in [2.75, 3.05) is 12.3 Å². The molecule has 1 N–H and O–H groups in total. The summed E-state index contributed by atoms with van der Waals surface area (Å²) in [4.78, 5) is 1.16. The number of hydrogen-bond acceptors (Lipinski definition) is 2. The summed E-state index contributed by atoms with van der Waals surface area (Å²) in [5, 5.41) is 3.53. The second kappa shape index (κ2) is 5.69. The number of halogens is 1. The normalized spacial score (nSPS) is 17.4. The zero-order valence-corrected chi connectivity index (χ0v) is 10.4. The summed E-state index contributed by atoms with van der Waals surface area (Å²) in [6, 6.07) is 7.40. The van der Waals surface area contributed by atoms with Gasteiger partial charge in [0.25, 0.3) is 0 Å². The largest absolute Gasteiger partial charge is 0.313 e. The summed E-state index contributed by atoms with van der Waals surface area (Å²) in [5.41, 5.74) is 0. The van der Waals surface area contributed by atoms with Crippen molar-refractivity contribution in [3.63, 3.8) is 0 Å². The van der Waals surface area contributed by atoms with Gasteiger partial charge in [-0.1, -0.05) is 6.92 Å². The predicted octanol–water partition coefficient (Wildman–Crippen LogP) is 3.31. The van der Waals surface area contributed by atoms with Crippen molar-refractivity contribution in [1.29, 1.82) is 0 Å². The van der Waals surface area contributed by atoms with Crippen LogP contribution in [-0.4, -0.2) is 18.3 Å². The van der Waals surface area contributed by atoms with Crippen LogP contribution in [0.15, 0.2) is 29.2 Å². The fraction of sp³-hybridized carbons (Fsp3) is 0.538. The van der Waals surface area contributed by atoms with Gasteiger partial charge in [0, 0.05) is 16.7 Å². The Morgan fingerprint density at radius 2 is 2.06 bits per heavy atom. The van der Waals surface area contributed by atoms with Crippen LogP contribution < -0.4 is 5.32 Å². The average Bonchev–Trinajstić information content (AvgIpc) is 3.10. The van der Waals surface area contributed by atoms with Crippen LogP contribution in [0.4, 0.5) is 4.39 Å². The molecule has 1 saturated carbocycles. The lowest BCUT2D eigenvalue weighted by Gasteiger charge is -2.16. The molecule has 1 unspecified atom stereocenters. The van der Waals surface area contributed by atoms with Crippen molar-refractivity contribution in [2.45, 2.75) is 30.7 Å². The van der Waals surface area contributed by atoms with Crippen LogP contribution in [0, 0.1) is 11.7 Å². The molecule has 16 heavy (non-hydrogen) atoms. The lowest BCUT2D eigenvalue weighted by atomic mass is 10.2. The summed E-state index contributed by atoms with van der Waals surface area (Å²) in [7, 11) is 0. The maximum absolute atomic E-state index is 12.7. The Hall–Kier alpha value is -0.540. The first-order valence-electron chi connectivity index (χ1n) is 5.91. The lowest BCUT2D eigenvalue weighted by molar-refractivity contribution is 0.519. The Kier molecular flexibility index (Phi) is 4.24. The molecular formula is C13H18FNS. The van der Waals surface area contributed by atoms with Crippen molar-refractivity contribution >= 4 is 11.8 Å². The molecule has 1 aromatic carbocycles. The number of rotatable bonds is 6. The van der Waals surface area contributed by atoms with E-state index in [2.05, 4.69) is 12.2 Å². The van der Waals surface area contributed by atoms with Gasteiger partial charge in [-0.2, -0.15) is 0 Å². The van der Waals surface area contributed by atoms with Crippen molar-refractivity contribution in [3.8, 4) is 0 Å². The van der Waals surface area contributed by atoms with E-state index in [4.69, 9.17) is 0 Å². The third-order valence-electron chi connectivity index (χ3n) is 2.90. The predicted molar refractivity (Wildman–Crippen MR) is 67.3 cm³/mol. The monoisotopic (exact) mass is 239 g/mol. The smallest absolute Gasteiger partial charge is 0.123 e. The van der Waals surface area contributed by atoms with Crippen molar-refractivity contribution in [3.05, 3.63) is 30.1 Å².